The first-order valence-electron chi connectivity index (χ1n) is 10.7. The fourth-order valence-corrected chi connectivity index (χ4v) is 4.83. The number of amides is 1. The standard InChI is InChI=1S/C24H29N3O3S/c1-3-31(29,30)22-13-9-19(10-14-22)23(15-16-25)26-24(28)20-7-11-21(12-8-20)27-17-5-4-6-18(27)2/h7-14,18,23H,3-6,15,17H2,1-2H3,(H,26,28)/t18-,23+/m1/s1. The number of benzene rings is 2. The molecule has 0 radical (unpaired) electrons. The third kappa shape index (κ3) is 5.45. The van der Waals surface area contributed by atoms with Crippen molar-refractivity contribution in [3.8, 4) is 6.07 Å². The molecule has 1 fully saturated rings. The summed E-state index contributed by atoms with van der Waals surface area (Å²) in [6, 6.07) is 16.0. The molecule has 1 aliphatic rings. The molecule has 1 heterocycles. The van der Waals surface area contributed by atoms with Gasteiger partial charge in [0.25, 0.3) is 5.91 Å². The van der Waals surface area contributed by atoms with Gasteiger partial charge in [-0.2, -0.15) is 5.26 Å². The van der Waals surface area contributed by atoms with Crippen LogP contribution in [-0.4, -0.2) is 32.7 Å². The fraction of sp³-hybridized carbons (Fsp3) is 0.417. The molecule has 1 saturated heterocycles. The predicted octanol–water partition coefficient (Wildman–Crippen LogP) is 4.24. The lowest BCUT2D eigenvalue weighted by Gasteiger charge is -2.35. The highest BCUT2D eigenvalue weighted by atomic mass is 32.2. The largest absolute Gasteiger partial charge is 0.369 e. The van der Waals surface area contributed by atoms with Crippen LogP contribution in [-0.2, 0) is 9.84 Å². The molecular weight excluding hydrogens is 410 g/mol. The number of anilines is 1. The van der Waals surface area contributed by atoms with Gasteiger partial charge < -0.3 is 10.2 Å². The third-order valence-electron chi connectivity index (χ3n) is 5.89. The van der Waals surface area contributed by atoms with Crippen LogP contribution in [0.15, 0.2) is 53.4 Å². The van der Waals surface area contributed by atoms with Crippen LogP contribution in [0, 0.1) is 11.3 Å². The van der Waals surface area contributed by atoms with Gasteiger partial charge in [0.2, 0.25) is 0 Å². The van der Waals surface area contributed by atoms with Gasteiger partial charge in [0.1, 0.15) is 0 Å². The maximum atomic E-state index is 12.8. The summed E-state index contributed by atoms with van der Waals surface area (Å²) >= 11 is 0. The molecule has 0 bridgehead atoms. The Morgan fingerprint density at radius 2 is 1.84 bits per heavy atom. The van der Waals surface area contributed by atoms with E-state index >= 15 is 0 Å². The van der Waals surface area contributed by atoms with E-state index in [-0.39, 0.29) is 23.0 Å². The van der Waals surface area contributed by atoms with E-state index < -0.39 is 15.9 Å². The fourth-order valence-electron chi connectivity index (χ4n) is 3.95. The normalized spacial score (nSPS) is 17.6. The van der Waals surface area contributed by atoms with Crippen LogP contribution >= 0.6 is 0 Å². The molecule has 2 atom stereocenters. The molecule has 0 aromatic heterocycles. The molecule has 2 aromatic carbocycles. The van der Waals surface area contributed by atoms with Gasteiger partial charge in [0, 0.05) is 23.8 Å². The molecule has 0 saturated carbocycles. The first-order valence-corrected chi connectivity index (χ1v) is 12.4. The predicted molar refractivity (Wildman–Crippen MR) is 122 cm³/mol. The van der Waals surface area contributed by atoms with Crippen molar-refractivity contribution in [3.63, 3.8) is 0 Å². The number of carbonyl (C=O) groups is 1. The highest BCUT2D eigenvalue weighted by Gasteiger charge is 2.20. The summed E-state index contributed by atoms with van der Waals surface area (Å²) in [4.78, 5) is 15.4. The number of sulfone groups is 1. The zero-order valence-electron chi connectivity index (χ0n) is 18.0. The number of hydrogen-bond acceptors (Lipinski definition) is 5. The van der Waals surface area contributed by atoms with Crippen molar-refractivity contribution in [2.75, 3.05) is 17.2 Å². The van der Waals surface area contributed by atoms with Crippen molar-refractivity contribution in [2.24, 2.45) is 0 Å². The van der Waals surface area contributed by atoms with Crippen LogP contribution in [0.3, 0.4) is 0 Å². The molecule has 1 amide bonds. The zero-order valence-corrected chi connectivity index (χ0v) is 18.9. The van der Waals surface area contributed by atoms with Gasteiger partial charge >= 0.3 is 0 Å². The highest BCUT2D eigenvalue weighted by Crippen LogP contribution is 2.25. The molecule has 0 aliphatic carbocycles. The van der Waals surface area contributed by atoms with Crippen LogP contribution in [0.2, 0.25) is 0 Å². The summed E-state index contributed by atoms with van der Waals surface area (Å²) in [5.74, 6) is -0.236. The molecule has 31 heavy (non-hydrogen) atoms. The second-order valence-corrected chi connectivity index (χ2v) is 10.2. The van der Waals surface area contributed by atoms with E-state index in [1.54, 1.807) is 19.1 Å². The van der Waals surface area contributed by atoms with E-state index in [4.69, 9.17) is 0 Å². The van der Waals surface area contributed by atoms with E-state index in [1.165, 1.54) is 31.4 Å². The number of nitriles is 1. The van der Waals surface area contributed by atoms with Crippen molar-refractivity contribution in [1.29, 1.82) is 5.26 Å². The number of piperidine rings is 1. The molecular formula is C24H29N3O3S. The average molecular weight is 440 g/mol. The summed E-state index contributed by atoms with van der Waals surface area (Å²) in [5.41, 5.74) is 2.34. The minimum absolute atomic E-state index is 0.0247. The van der Waals surface area contributed by atoms with E-state index in [0.29, 0.717) is 17.2 Å². The van der Waals surface area contributed by atoms with Crippen LogP contribution in [0.1, 0.15) is 61.5 Å². The minimum atomic E-state index is -3.29. The van der Waals surface area contributed by atoms with Gasteiger partial charge in [0.05, 0.1) is 29.2 Å². The number of hydrogen-bond donors (Lipinski definition) is 1. The summed E-state index contributed by atoms with van der Waals surface area (Å²) in [6.07, 6.45) is 3.70. The first-order chi connectivity index (χ1) is 14.9. The van der Waals surface area contributed by atoms with Gasteiger partial charge in [0.15, 0.2) is 9.84 Å². The SMILES string of the molecule is CCS(=O)(=O)c1ccc([C@H](CC#N)NC(=O)c2ccc(N3CCCC[C@H]3C)cc2)cc1. The molecule has 0 spiro atoms. The quantitative estimate of drug-likeness (QED) is 0.697. The Hall–Kier alpha value is -2.85. The monoisotopic (exact) mass is 439 g/mol. The van der Waals surface area contributed by atoms with Crippen LogP contribution in [0.25, 0.3) is 0 Å². The van der Waals surface area contributed by atoms with Crippen molar-refractivity contribution in [1.82, 2.24) is 5.32 Å². The average Bonchev–Trinajstić information content (AvgIpc) is 2.79. The molecule has 1 aliphatic heterocycles. The third-order valence-corrected chi connectivity index (χ3v) is 7.64. The van der Waals surface area contributed by atoms with E-state index in [0.717, 1.165) is 12.2 Å². The smallest absolute Gasteiger partial charge is 0.251 e. The molecule has 2 aromatic rings. The van der Waals surface area contributed by atoms with E-state index in [1.807, 2.05) is 24.3 Å². The Balaban J connectivity index is 1.72. The lowest BCUT2D eigenvalue weighted by molar-refractivity contribution is 0.0937. The van der Waals surface area contributed by atoms with Crippen LogP contribution < -0.4 is 10.2 Å². The number of nitrogens with one attached hydrogen (secondary N) is 1. The second kappa shape index (κ2) is 9.97. The van der Waals surface area contributed by atoms with Crippen molar-refractivity contribution in [2.45, 2.75) is 56.5 Å². The molecule has 6 nitrogen and oxygen atoms in total. The molecule has 0 unspecified atom stereocenters. The summed E-state index contributed by atoms with van der Waals surface area (Å²) in [7, 11) is -3.29. The first kappa shape index (κ1) is 22.8. The van der Waals surface area contributed by atoms with Gasteiger partial charge in [-0.1, -0.05) is 19.1 Å². The molecule has 3 rings (SSSR count). The summed E-state index contributed by atoms with van der Waals surface area (Å²) < 4.78 is 24.0. The zero-order chi connectivity index (χ0) is 22.4. The Morgan fingerprint density at radius 3 is 2.42 bits per heavy atom. The van der Waals surface area contributed by atoms with Gasteiger partial charge in [-0.25, -0.2) is 8.42 Å². The van der Waals surface area contributed by atoms with Gasteiger partial charge in [-0.05, 0) is 68.1 Å². The molecule has 1 N–H and O–H groups in total. The van der Waals surface area contributed by atoms with E-state index in [2.05, 4.69) is 23.2 Å². The maximum Gasteiger partial charge on any atom is 0.251 e. The number of carbonyl (C=O) groups excluding carboxylic acids is 1. The lowest BCUT2D eigenvalue weighted by Crippen LogP contribution is -2.37. The van der Waals surface area contributed by atoms with E-state index in [9.17, 15) is 18.5 Å². The Bertz CT molecular complexity index is 1040. The Labute approximate surface area is 184 Å². The summed E-state index contributed by atoms with van der Waals surface area (Å²) in [5, 5.41) is 12.1. The highest BCUT2D eigenvalue weighted by molar-refractivity contribution is 7.91. The number of nitrogens with zero attached hydrogens (tertiary/aromatic N) is 2. The van der Waals surface area contributed by atoms with Crippen molar-refractivity contribution in [3.05, 3.63) is 59.7 Å². The van der Waals surface area contributed by atoms with Gasteiger partial charge in [-0.15, -0.1) is 0 Å². The maximum absolute atomic E-state index is 12.8. The van der Waals surface area contributed by atoms with Crippen molar-refractivity contribution < 1.29 is 13.2 Å². The van der Waals surface area contributed by atoms with Gasteiger partial charge in [-0.3, -0.25) is 4.79 Å². The Kier molecular flexibility index (Phi) is 7.34. The lowest BCUT2D eigenvalue weighted by atomic mass is 10.0. The van der Waals surface area contributed by atoms with Crippen molar-refractivity contribution >= 4 is 21.4 Å². The topological polar surface area (TPSA) is 90.3 Å². The molecule has 164 valence electrons. The molecule has 7 heteroatoms. The Morgan fingerprint density at radius 1 is 1.16 bits per heavy atom. The second-order valence-electron chi connectivity index (χ2n) is 7.95. The minimum Gasteiger partial charge on any atom is -0.369 e. The number of rotatable bonds is 7. The van der Waals surface area contributed by atoms with Crippen LogP contribution in [0.5, 0.6) is 0 Å². The van der Waals surface area contributed by atoms with Crippen LogP contribution in [0.4, 0.5) is 5.69 Å². The summed E-state index contributed by atoms with van der Waals surface area (Å²) in [6.45, 7) is 4.85.